The molecule has 1 aliphatic rings. The number of benzene rings is 1. The standard InChI is InChI=1S/C22H30FN5.HI/c1-2-24-22(27-17-19-9-5-6-10-20(19)23)26-16-18-11-12-21(25-15-18)28-13-7-3-4-8-14-28;/h5-6,9-12,15H,2-4,7-8,13-14,16-17H2,1H3,(H2,24,26,27);1H. The van der Waals surface area contributed by atoms with Crippen LogP contribution in [0, 0.1) is 5.82 Å². The number of pyridine rings is 1. The van der Waals surface area contributed by atoms with Crippen molar-refractivity contribution in [1.29, 1.82) is 0 Å². The van der Waals surface area contributed by atoms with Crippen molar-refractivity contribution in [2.75, 3.05) is 24.5 Å². The largest absolute Gasteiger partial charge is 0.357 e. The van der Waals surface area contributed by atoms with Gasteiger partial charge in [0.25, 0.3) is 0 Å². The van der Waals surface area contributed by atoms with E-state index in [0.29, 0.717) is 24.6 Å². The highest BCUT2D eigenvalue weighted by Gasteiger charge is 2.10. The molecule has 0 saturated carbocycles. The maximum atomic E-state index is 13.8. The first-order valence-corrected chi connectivity index (χ1v) is 10.2. The first kappa shape index (κ1) is 23.4. The number of hydrogen-bond donors (Lipinski definition) is 2. The number of nitrogens with one attached hydrogen (secondary N) is 2. The van der Waals surface area contributed by atoms with E-state index in [1.165, 1.54) is 31.7 Å². The molecule has 5 nitrogen and oxygen atoms in total. The summed E-state index contributed by atoms with van der Waals surface area (Å²) in [7, 11) is 0. The molecule has 1 saturated heterocycles. The van der Waals surface area contributed by atoms with E-state index in [9.17, 15) is 4.39 Å². The molecule has 2 heterocycles. The molecule has 7 heteroatoms. The van der Waals surface area contributed by atoms with Crippen molar-refractivity contribution in [3.05, 3.63) is 59.5 Å². The molecular weight excluding hydrogens is 480 g/mol. The van der Waals surface area contributed by atoms with E-state index < -0.39 is 0 Å². The van der Waals surface area contributed by atoms with Gasteiger partial charge in [-0.05, 0) is 37.5 Å². The Hall–Kier alpha value is -1.90. The third-order valence-corrected chi connectivity index (χ3v) is 4.91. The van der Waals surface area contributed by atoms with Crippen molar-refractivity contribution in [2.24, 2.45) is 4.99 Å². The van der Waals surface area contributed by atoms with E-state index in [4.69, 9.17) is 0 Å². The monoisotopic (exact) mass is 511 g/mol. The molecule has 29 heavy (non-hydrogen) atoms. The predicted molar refractivity (Wildman–Crippen MR) is 128 cm³/mol. The van der Waals surface area contributed by atoms with E-state index in [1.807, 2.05) is 19.2 Å². The molecule has 0 amide bonds. The third-order valence-electron chi connectivity index (χ3n) is 4.91. The fourth-order valence-corrected chi connectivity index (χ4v) is 3.33. The van der Waals surface area contributed by atoms with Gasteiger partial charge in [0.15, 0.2) is 5.96 Å². The Bertz CT molecular complexity index is 758. The summed E-state index contributed by atoms with van der Waals surface area (Å²) in [5.74, 6) is 1.51. The lowest BCUT2D eigenvalue weighted by atomic mass is 10.2. The summed E-state index contributed by atoms with van der Waals surface area (Å²) in [5, 5.41) is 6.39. The highest BCUT2D eigenvalue weighted by atomic mass is 127. The zero-order chi connectivity index (χ0) is 19.6. The van der Waals surface area contributed by atoms with Gasteiger partial charge in [0.05, 0.1) is 6.54 Å². The van der Waals surface area contributed by atoms with E-state index in [1.54, 1.807) is 12.1 Å². The molecule has 1 aromatic carbocycles. The molecule has 0 spiro atoms. The van der Waals surface area contributed by atoms with Crippen LogP contribution in [0.2, 0.25) is 0 Å². The summed E-state index contributed by atoms with van der Waals surface area (Å²) in [6, 6.07) is 11.0. The molecule has 0 atom stereocenters. The molecule has 0 aliphatic carbocycles. The summed E-state index contributed by atoms with van der Waals surface area (Å²) in [6.45, 7) is 5.86. The highest BCUT2D eigenvalue weighted by molar-refractivity contribution is 14.0. The molecule has 3 rings (SSSR count). The summed E-state index contributed by atoms with van der Waals surface area (Å²) in [4.78, 5) is 11.6. The number of aliphatic imine (C=N–C) groups is 1. The molecule has 1 aliphatic heterocycles. The number of halogens is 2. The Balaban J connectivity index is 0.00000300. The summed E-state index contributed by atoms with van der Waals surface area (Å²) in [6.07, 6.45) is 7.03. The first-order valence-electron chi connectivity index (χ1n) is 10.2. The van der Waals surface area contributed by atoms with E-state index >= 15 is 0 Å². The SMILES string of the molecule is CCNC(=NCc1ccc(N2CCCCCC2)nc1)NCc1ccccc1F.I. The maximum absolute atomic E-state index is 13.8. The topological polar surface area (TPSA) is 52.6 Å². The third kappa shape index (κ3) is 7.45. The van der Waals surface area contributed by atoms with Gasteiger partial charge in [-0.2, -0.15) is 0 Å². The number of guanidine groups is 1. The van der Waals surface area contributed by atoms with Gasteiger partial charge >= 0.3 is 0 Å². The van der Waals surface area contributed by atoms with Gasteiger partial charge in [0.1, 0.15) is 11.6 Å². The van der Waals surface area contributed by atoms with Crippen LogP contribution in [-0.4, -0.2) is 30.6 Å². The lowest BCUT2D eigenvalue weighted by Crippen LogP contribution is -2.37. The Morgan fingerprint density at radius 3 is 2.48 bits per heavy atom. The number of aromatic nitrogens is 1. The normalized spacial score (nSPS) is 14.7. The van der Waals surface area contributed by atoms with Crippen molar-refractivity contribution < 1.29 is 4.39 Å². The van der Waals surface area contributed by atoms with Gasteiger partial charge in [-0.1, -0.05) is 37.1 Å². The maximum Gasteiger partial charge on any atom is 0.191 e. The summed E-state index contributed by atoms with van der Waals surface area (Å²) in [5.41, 5.74) is 1.68. The minimum atomic E-state index is -0.209. The van der Waals surface area contributed by atoms with Gasteiger partial charge in [-0.3, -0.25) is 0 Å². The van der Waals surface area contributed by atoms with Crippen LogP contribution in [0.3, 0.4) is 0 Å². The van der Waals surface area contributed by atoms with Gasteiger partial charge < -0.3 is 15.5 Å². The van der Waals surface area contributed by atoms with Gasteiger partial charge in [-0.15, -0.1) is 24.0 Å². The van der Waals surface area contributed by atoms with E-state index in [0.717, 1.165) is 31.0 Å². The minimum absolute atomic E-state index is 0. The number of anilines is 1. The van der Waals surface area contributed by atoms with Crippen molar-refractivity contribution in [1.82, 2.24) is 15.6 Å². The second kappa shape index (κ2) is 12.6. The van der Waals surface area contributed by atoms with E-state index in [2.05, 4.69) is 37.6 Å². The second-order valence-corrected chi connectivity index (χ2v) is 7.07. The molecule has 2 N–H and O–H groups in total. The molecule has 0 unspecified atom stereocenters. The van der Waals surface area contributed by atoms with Crippen LogP contribution < -0.4 is 15.5 Å². The minimum Gasteiger partial charge on any atom is -0.357 e. The predicted octanol–water partition coefficient (Wildman–Crippen LogP) is 4.47. The number of rotatable bonds is 6. The Kier molecular flexibility index (Phi) is 10.2. The number of hydrogen-bond acceptors (Lipinski definition) is 3. The zero-order valence-corrected chi connectivity index (χ0v) is 19.4. The van der Waals surface area contributed by atoms with Crippen molar-refractivity contribution in [3.63, 3.8) is 0 Å². The van der Waals surface area contributed by atoms with Crippen LogP contribution >= 0.6 is 24.0 Å². The summed E-state index contributed by atoms with van der Waals surface area (Å²) < 4.78 is 13.8. The number of nitrogens with zero attached hydrogens (tertiary/aromatic N) is 3. The Morgan fingerprint density at radius 1 is 1.07 bits per heavy atom. The fourth-order valence-electron chi connectivity index (χ4n) is 3.33. The molecule has 2 aromatic rings. The van der Waals surface area contributed by atoms with Crippen molar-refractivity contribution in [2.45, 2.75) is 45.7 Å². The van der Waals surface area contributed by atoms with Crippen molar-refractivity contribution >= 4 is 35.8 Å². The second-order valence-electron chi connectivity index (χ2n) is 7.07. The lowest BCUT2D eigenvalue weighted by molar-refractivity contribution is 0.604. The Morgan fingerprint density at radius 2 is 1.83 bits per heavy atom. The highest BCUT2D eigenvalue weighted by Crippen LogP contribution is 2.17. The average molecular weight is 511 g/mol. The van der Waals surface area contributed by atoms with Crippen LogP contribution in [-0.2, 0) is 13.1 Å². The lowest BCUT2D eigenvalue weighted by Gasteiger charge is -2.21. The molecule has 1 aromatic heterocycles. The summed E-state index contributed by atoms with van der Waals surface area (Å²) >= 11 is 0. The van der Waals surface area contributed by atoms with Crippen LogP contribution in [0.4, 0.5) is 10.2 Å². The van der Waals surface area contributed by atoms with Crippen LogP contribution in [0.1, 0.15) is 43.7 Å². The van der Waals surface area contributed by atoms with Gasteiger partial charge in [0.2, 0.25) is 0 Å². The molecule has 0 bridgehead atoms. The average Bonchev–Trinajstić information content (AvgIpc) is 3.01. The van der Waals surface area contributed by atoms with Crippen LogP contribution in [0.5, 0.6) is 0 Å². The smallest absolute Gasteiger partial charge is 0.191 e. The van der Waals surface area contributed by atoms with Crippen LogP contribution in [0.25, 0.3) is 0 Å². The van der Waals surface area contributed by atoms with Gasteiger partial charge in [-0.25, -0.2) is 14.4 Å². The van der Waals surface area contributed by atoms with Gasteiger partial charge in [0, 0.05) is 37.9 Å². The molecule has 0 radical (unpaired) electrons. The Labute approximate surface area is 190 Å². The van der Waals surface area contributed by atoms with E-state index in [-0.39, 0.29) is 29.8 Å². The molecule has 158 valence electrons. The van der Waals surface area contributed by atoms with Crippen molar-refractivity contribution in [3.8, 4) is 0 Å². The first-order chi connectivity index (χ1) is 13.8. The molecular formula is C22H31FIN5. The quantitative estimate of drug-likeness (QED) is 0.342. The fraction of sp³-hybridized carbons (Fsp3) is 0.455. The zero-order valence-electron chi connectivity index (χ0n) is 17.0. The molecule has 1 fully saturated rings. The van der Waals surface area contributed by atoms with Crippen LogP contribution in [0.15, 0.2) is 47.6 Å².